The Kier molecular flexibility index (Phi) is 5.86. The number of benzene rings is 2. The van der Waals surface area contributed by atoms with Crippen molar-refractivity contribution in [3.8, 4) is 11.3 Å². The molecule has 2 aromatic carbocycles. The lowest BCUT2D eigenvalue weighted by Crippen LogP contribution is -2.14. The Morgan fingerprint density at radius 1 is 1.00 bits per heavy atom. The third-order valence-electron chi connectivity index (χ3n) is 6.98. The van der Waals surface area contributed by atoms with Gasteiger partial charge in [-0.15, -0.1) is 0 Å². The number of nitrogens with zero attached hydrogens (tertiary/aromatic N) is 1. The molecule has 0 spiro atoms. The van der Waals surface area contributed by atoms with E-state index < -0.39 is 10.1 Å². The van der Waals surface area contributed by atoms with Crippen LogP contribution in [0.25, 0.3) is 11.3 Å². The molecule has 32 heavy (non-hydrogen) atoms. The maximum absolute atomic E-state index is 11.1. The van der Waals surface area contributed by atoms with Crippen molar-refractivity contribution in [2.75, 3.05) is 5.75 Å². The molecule has 168 valence electrons. The summed E-state index contributed by atoms with van der Waals surface area (Å²) in [6.07, 6.45) is 6.54. The largest absolute Gasteiger partial charge is 0.360 e. The maximum Gasteiger partial charge on any atom is 0.265 e. The third kappa shape index (κ3) is 4.49. The predicted molar refractivity (Wildman–Crippen MR) is 125 cm³/mol. The van der Waals surface area contributed by atoms with Crippen LogP contribution >= 0.6 is 11.6 Å². The summed E-state index contributed by atoms with van der Waals surface area (Å²) in [6, 6.07) is 14.2. The lowest BCUT2D eigenvalue weighted by atomic mass is 9.76. The van der Waals surface area contributed by atoms with E-state index in [4.69, 9.17) is 20.7 Å². The van der Waals surface area contributed by atoms with Crippen LogP contribution in [0.4, 0.5) is 0 Å². The topological polar surface area (TPSA) is 80.4 Å². The molecule has 1 fully saturated rings. The number of aryl methyl sites for hydroxylation is 2. The highest BCUT2D eigenvalue weighted by molar-refractivity contribution is 7.85. The van der Waals surface area contributed by atoms with Crippen LogP contribution in [0.3, 0.4) is 0 Å². The van der Waals surface area contributed by atoms with E-state index in [9.17, 15) is 8.42 Å². The van der Waals surface area contributed by atoms with Crippen molar-refractivity contribution in [3.05, 3.63) is 75.5 Å². The standard InChI is InChI=1S/C25H26ClNO4S/c26-21-9-6-18(7-10-21)17-2-4-19(5-3-17)25-23-12-8-20-15-16(13-14-32(28,29)30)1-11-22(20)24(23)27-31-25/h1,6-7,9-11,15,17,19H,2-5,8,12-14H2,(H,28,29,30). The SMILES string of the molecule is O=S(=O)(O)CCc1ccc2c(c1)CCc1c-2noc1C1CCC(c2ccc(Cl)cc2)CC1. The first kappa shape index (κ1) is 21.7. The first-order valence-electron chi connectivity index (χ1n) is 11.2. The molecule has 7 heteroatoms. The smallest absolute Gasteiger partial charge is 0.265 e. The first-order valence-corrected chi connectivity index (χ1v) is 13.2. The van der Waals surface area contributed by atoms with Gasteiger partial charge < -0.3 is 4.52 Å². The van der Waals surface area contributed by atoms with E-state index in [0.29, 0.717) is 18.3 Å². The molecule has 0 atom stereocenters. The minimum Gasteiger partial charge on any atom is -0.360 e. The van der Waals surface area contributed by atoms with Gasteiger partial charge in [0.1, 0.15) is 11.5 Å². The normalized spacial score (nSPS) is 20.6. The average Bonchev–Trinajstić information content (AvgIpc) is 3.22. The van der Waals surface area contributed by atoms with Gasteiger partial charge in [0.2, 0.25) is 0 Å². The minimum atomic E-state index is -3.96. The van der Waals surface area contributed by atoms with Gasteiger partial charge in [-0.25, -0.2) is 0 Å². The first-order chi connectivity index (χ1) is 15.4. The van der Waals surface area contributed by atoms with Gasteiger partial charge in [0.15, 0.2) is 0 Å². The molecule has 2 aliphatic rings. The third-order valence-corrected chi connectivity index (χ3v) is 7.95. The quantitative estimate of drug-likeness (QED) is 0.464. The van der Waals surface area contributed by atoms with E-state index in [0.717, 1.165) is 71.7 Å². The molecule has 1 N–H and O–H groups in total. The molecule has 2 aliphatic carbocycles. The molecule has 5 nitrogen and oxygen atoms in total. The number of halogens is 1. The molecule has 0 radical (unpaired) electrons. The average molecular weight is 472 g/mol. The fourth-order valence-electron chi connectivity index (χ4n) is 5.27. The lowest BCUT2D eigenvalue weighted by molar-refractivity contribution is 0.306. The summed E-state index contributed by atoms with van der Waals surface area (Å²) < 4.78 is 37.0. The van der Waals surface area contributed by atoms with Crippen molar-refractivity contribution in [2.24, 2.45) is 0 Å². The second-order valence-electron chi connectivity index (χ2n) is 9.00. The molecule has 0 aliphatic heterocycles. The van der Waals surface area contributed by atoms with Gasteiger partial charge in [-0.3, -0.25) is 4.55 Å². The summed E-state index contributed by atoms with van der Waals surface area (Å²) in [5, 5.41) is 5.23. The van der Waals surface area contributed by atoms with E-state index >= 15 is 0 Å². The van der Waals surface area contributed by atoms with Crippen molar-refractivity contribution in [3.63, 3.8) is 0 Å². The van der Waals surface area contributed by atoms with E-state index in [1.54, 1.807) is 0 Å². The van der Waals surface area contributed by atoms with Gasteiger partial charge in [-0.2, -0.15) is 8.42 Å². The number of hydrogen-bond acceptors (Lipinski definition) is 4. The zero-order valence-corrected chi connectivity index (χ0v) is 19.3. The van der Waals surface area contributed by atoms with E-state index in [-0.39, 0.29) is 5.75 Å². The van der Waals surface area contributed by atoms with Gasteiger partial charge >= 0.3 is 0 Å². The highest BCUT2D eigenvalue weighted by atomic mass is 35.5. The highest BCUT2D eigenvalue weighted by Crippen LogP contribution is 2.45. The molecule has 0 bridgehead atoms. The van der Waals surface area contributed by atoms with Gasteiger partial charge in [0.05, 0.1) is 5.75 Å². The van der Waals surface area contributed by atoms with E-state index in [2.05, 4.69) is 17.3 Å². The van der Waals surface area contributed by atoms with Crippen LogP contribution in [-0.2, 0) is 29.4 Å². The van der Waals surface area contributed by atoms with Crippen LogP contribution in [0.15, 0.2) is 47.0 Å². The Labute approximate surface area is 193 Å². The number of aromatic nitrogens is 1. The second-order valence-corrected chi connectivity index (χ2v) is 11.0. The molecule has 0 unspecified atom stereocenters. The summed E-state index contributed by atoms with van der Waals surface area (Å²) in [7, 11) is -3.96. The van der Waals surface area contributed by atoms with Crippen molar-refractivity contribution in [2.45, 2.75) is 56.8 Å². The molecule has 0 amide bonds. The van der Waals surface area contributed by atoms with Gasteiger partial charge in [0, 0.05) is 22.1 Å². The van der Waals surface area contributed by atoms with E-state index in [1.165, 1.54) is 11.1 Å². The molecular formula is C25H26ClNO4S. The predicted octanol–water partition coefficient (Wildman–Crippen LogP) is 5.97. The monoisotopic (exact) mass is 471 g/mol. The van der Waals surface area contributed by atoms with Crippen LogP contribution in [0, 0.1) is 0 Å². The molecule has 1 heterocycles. The Morgan fingerprint density at radius 2 is 1.72 bits per heavy atom. The molecular weight excluding hydrogens is 446 g/mol. The van der Waals surface area contributed by atoms with Gasteiger partial charge in [0.25, 0.3) is 10.1 Å². The number of fused-ring (bicyclic) bond motifs is 3. The van der Waals surface area contributed by atoms with Crippen LogP contribution in [0.1, 0.15) is 65.5 Å². The Balaban J connectivity index is 1.31. The zero-order chi connectivity index (χ0) is 22.3. The summed E-state index contributed by atoms with van der Waals surface area (Å²) in [4.78, 5) is 0. The minimum absolute atomic E-state index is 0.260. The lowest BCUT2D eigenvalue weighted by Gasteiger charge is -2.28. The molecule has 1 aromatic heterocycles. The van der Waals surface area contributed by atoms with E-state index in [1.807, 2.05) is 30.3 Å². The maximum atomic E-state index is 11.1. The Bertz CT molecular complexity index is 1230. The second kappa shape index (κ2) is 8.65. The molecule has 5 rings (SSSR count). The summed E-state index contributed by atoms with van der Waals surface area (Å²) >= 11 is 6.03. The fraction of sp³-hybridized carbons (Fsp3) is 0.400. The highest BCUT2D eigenvalue weighted by Gasteiger charge is 2.31. The van der Waals surface area contributed by atoms with Crippen LogP contribution in [0.2, 0.25) is 5.02 Å². The Morgan fingerprint density at radius 3 is 2.44 bits per heavy atom. The molecule has 3 aromatic rings. The Hall–Kier alpha value is -2.15. The number of hydrogen-bond donors (Lipinski definition) is 1. The van der Waals surface area contributed by atoms with Crippen LogP contribution < -0.4 is 0 Å². The van der Waals surface area contributed by atoms with Crippen molar-refractivity contribution in [1.82, 2.24) is 5.16 Å². The van der Waals surface area contributed by atoms with Crippen molar-refractivity contribution in [1.29, 1.82) is 0 Å². The summed E-state index contributed by atoms with van der Waals surface area (Å²) in [6.45, 7) is 0. The van der Waals surface area contributed by atoms with Crippen LogP contribution in [0.5, 0.6) is 0 Å². The van der Waals surface area contributed by atoms with Crippen molar-refractivity contribution >= 4 is 21.7 Å². The zero-order valence-electron chi connectivity index (χ0n) is 17.8. The molecule has 0 saturated heterocycles. The summed E-state index contributed by atoms with van der Waals surface area (Å²) in [5.41, 5.74) is 6.68. The van der Waals surface area contributed by atoms with Gasteiger partial charge in [-0.1, -0.05) is 47.1 Å². The molecule has 1 saturated carbocycles. The van der Waals surface area contributed by atoms with Crippen molar-refractivity contribution < 1.29 is 17.5 Å². The summed E-state index contributed by atoms with van der Waals surface area (Å²) in [5.74, 6) is 1.77. The fourth-order valence-corrected chi connectivity index (χ4v) is 5.89. The van der Waals surface area contributed by atoms with Gasteiger partial charge in [-0.05, 0) is 79.7 Å². The van der Waals surface area contributed by atoms with Crippen LogP contribution in [-0.4, -0.2) is 23.9 Å². The number of rotatable bonds is 5.